The molecule has 0 amide bonds. The van der Waals surface area contributed by atoms with E-state index in [9.17, 15) is 0 Å². The van der Waals surface area contributed by atoms with Crippen LogP contribution in [0, 0.1) is 13.8 Å². The molecule has 0 fully saturated rings. The molecular weight excluding hydrogens is 220 g/mol. The van der Waals surface area contributed by atoms with Crippen LogP contribution in [0.2, 0.25) is 0 Å². The molecule has 0 unspecified atom stereocenters. The molecule has 18 heavy (non-hydrogen) atoms. The van der Waals surface area contributed by atoms with Gasteiger partial charge in [0.05, 0.1) is 5.52 Å². The molecule has 1 heterocycles. The van der Waals surface area contributed by atoms with Crippen LogP contribution >= 0.6 is 0 Å². The van der Waals surface area contributed by atoms with Crippen LogP contribution in [0.4, 0.5) is 5.69 Å². The Balaban J connectivity index is 2.68. The first kappa shape index (κ1) is 12.9. The number of aromatic nitrogens is 1. The second kappa shape index (κ2) is 5.38. The van der Waals surface area contributed by atoms with Crippen LogP contribution < -0.4 is 5.32 Å². The minimum atomic E-state index is 1.01. The van der Waals surface area contributed by atoms with Gasteiger partial charge in [0.1, 0.15) is 0 Å². The van der Waals surface area contributed by atoms with E-state index in [-0.39, 0.29) is 0 Å². The van der Waals surface area contributed by atoms with Gasteiger partial charge in [-0.15, -0.1) is 0 Å². The lowest BCUT2D eigenvalue weighted by atomic mass is 10.0. The van der Waals surface area contributed by atoms with Crippen LogP contribution in [0.5, 0.6) is 0 Å². The van der Waals surface area contributed by atoms with Gasteiger partial charge in [0, 0.05) is 23.3 Å². The lowest BCUT2D eigenvalue weighted by molar-refractivity contribution is 0.968. The minimum absolute atomic E-state index is 1.01. The standard InChI is InChI=1S/C16H22N2/c1-5-9-17-16-13(6-2)12(4)18-15-8-7-11(3)10-14(15)16/h7-8,10H,5-6,9H2,1-4H3,(H,17,18). The van der Waals surface area contributed by atoms with Crippen LogP contribution in [0.1, 0.15) is 37.1 Å². The Labute approximate surface area is 109 Å². The van der Waals surface area contributed by atoms with E-state index in [0.29, 0.717) is 0 Å². The van der Waals surface area contributed by atoms with E-state index in [2.05, 4.69) is 51.2 Å². The summed E-state index contributed by atoms with van der Waals surface area (Å²) in [7, 11) is 0. The molecule has 1 aromatic carbocycles. The van der Waals surface area contributed by atoms with Crippen molar-refractivity contribution in [3.63, 3.8) is 0 Å². The van der Waals surface area contributed by atoms with Crippen molar-refractivity contribution in [3.05, 3.63) is 35.0 Å². The average molecular weight is 242 g/mol. The van der Waals surface area contributed by atoms with Gasteiger partial charge in [-0.2, -0.15) is 0 Å². The summed E-state index contributed by atoms with van der Waals surface area (Å²) in [6.07, 6.45) is 2.16. The average Bonchev–Trinajstić information content (AvgIpc) is 2.36. The summed E-state index contributed by atoms with van der Waals surface area (Å²) in [4.78, 5) is 4.72. The topological polar surface area (TPSA) is 24.9 Å². The van der Waals surface area contributed by atoms with Crippen LogP contribution in [-0.2, 0) is 6.42 Å². The van der Waals surface area contributed by atoms with Crippen molar-refractivity contribution in [1.82, 2.24) is 4.98 Å². The van der Waals surface area contributed by atoms with E-state index in [1.807, 2.05) is 0 Å². The zero-order valence-corrected chi connectivity index (χ0v) is 11.8. The van der Waals surface area contributed by atoms with Crippen molar-refractivity contribution >= 4 is 16.6 Å². The molecule has 96 valence electrons. The Morgan fingerprint density at radius 2 is 1.94 bits per heavy atom. The smallest absolute Gasteiger partial charge is 0.0726 e. The molecule has 0 atom stereocenters. The van der Waals surface area contributed by atoms with Crippen LogP contribution in [0.3, 0.4) is 0 Å². The molecule has 0 bridgehead atoms. The van der Waals surface area contributed by atoms with Crippen molar-refractivity contribution in [2.45, 2.75) is 40.5 Å². The number of benzene rings is 1. The van der Waals surface area contributed by atoms with Crippen molar-refractivity contribution in [3.8, 4) is 0 Å². The first-order valence-electron chi connectivity index (χ1n) is 6.81. The molecule has 0 aliphatic rings. The van der Waals surface area contributed by atoms with Gasteiger partial charge in [-0.3, -0.25) is 4.98 Å². The highest BCUT2D eigenvalue weighted by molar-refractivity contribution is 5.93. The van der Waals surface area contributed by atoms with Gasteiger partial charge >= 0.3 is 0 Å². The molecule has 1 N–H and O–H groups in total. The predicted molar refractivity (Wildman–Crippen MR) is 79.4 cm³/mol. The number of aryl methyl sites for hydroxylation is 2. The number of fused-ring (bicyclic) bond motifs is 1. The summed E-state index contributed by atoms with van der Waals surface area (Å²) in [5, 5.41) is 4.84. The number of rotatable bonds is 4. The SMILES string of the molecule is CCCNc1c(CC)c(C)nc2ccc(C)cc12. The number of hydrogen-bond donors (Lipinski definition) is 1. The minimum Gasteiger partial charge on any atom is -0.384 e. The van der Waals surface area contributed by atoms with Gasteiger partial charge in [0.2, 0.25) is 0 Å². The molecule has 0 saturated heterocycles. The second-order valence-electron chi connectivity index (χ2n) is 4.85. The van der Waals surface area contributed by atoms with E-state index in [1.54, 1.807) is 0 Å². The third kappa shape index (κ3) is 2.33. The maximum Gasteiger partial charge on any atom is 0.0726 e. The van der Waals surface area contributed by atoms with E-state index in [1.165, 1.54) is 22.2 Å². The van der Waals surface area contributed by atoms with Gasteiger partial charge in [0.15, 0.2) is 0 Å². The molecule has 0 aliphatic heterocycles. The third-order valence-electron chi connectivity index (χ3n) is 3.35. The Morgan fingerprint density at radius 3 is 2.61 bits per heavy atom. The molecule has 2 nitrogen and oxygen atoms in total. The summed E-state index contributed by atoms with van der Waals surface area (Å²) in [6.45, 7) is 9.64. The molecule has 2 rings (SSSR count). The lowest BCUT2D eigenvalue weighted by Crippen LogP contribution is -2.06. The second-order valence-corrected chi connectivity index (χ2v) is 4.85. The van der Waals surface area contributed by atoms with Gasteiger partial charge in [0.25, 0.3) is 0 Å². The Kier molecular flexibility index (Phi) is 3.85. The Hall–Kier alpha value is -1.57. The van der Waals surface area contributed by atoms with Crippen molar-refractivity contribution in [2.24, 2.45) is 0 Å². The zero-order valence-electron chi connectivity index (χ0n) is 11.8. The molecule has 2 heteroatoms. The summed E-state index contributed by atoms with van der Waals surface area (Å²) >= 11 is 0. The van der Waals surface area contributed by atoms with E-state index < -0.39 is 0 Å². The van der Waals surface area contributed by atoms with E-state index in [0.717, 1.165) is 30.6 Å². The van der Waals surface area contributed by atoms with Crippen LogP contribution in [0.25, 0.3) is 10.9 Å². The first-order valence-corrected chi connectivity index (χ1v) is 6.81. The molecule has 0 saturated carbocycles. The van der Waals surface area contributed by atoms with Gasteiger partial charge in [-0.1, -0.05) is 25.5 Å². The van der Waals surface area contributed by atoms with Crippen molar-refractivity contribution in [2.75, 3.05) is 11.9 Å². The maximum atomic E-state index is 4.72. The lowest BCUT2D eigenvalue weighted by Gasteiger charge is -2.16. The summed E-state index contributed by atoms with van der Waals surface area (Å²) < 4.78 is 0. The fraction of sp³-hybridized carbons (Fsp3) is 0.438. The molecular formula is C16H22N2. The first-order chi connectivity index (χ1) is 8.67. The predicted octanol–water partition coefficient (Wildman–Crippen LogP) is 4.24. The summed E-state index contributed by atoms with van der Waals surface area (Å²) in [6, 6.07) is 6.48. The monoisotopic (exact) mass is 242 g/mol. The normalized spacial score (nSPS) is 10.9. The van der Waals surface area contributed by atoms with Gasteiger partial charge in [-0.25, -0.2) is 0 Å². The van der Waals surface area contributed by atoms with E-state index >= 15 is 0 Å². The van der Waals surface area contributed by atoms with E-state index in [4.69, 9.17) is 4.98 Å². The van der Waals surface area contributed by atoms with Crippen molar-refractivity contribution < 1.29 is 0 Å². The number of anilines is 1. The molecule has 1 aromatic heterocycles. The highest BCUT2D eigenvalue weighted by Gasteiger charge is 2.10. The molecule has 0 aliphatic carbocycles. The molecule has 0 spiro atoms. The summed E-state index contributed by atoms with van der Waals surface area (Å²) in [5.74, 6) is 0. The fourth-order valence-corrected chi connectivity index (χ4v) is 2.42. The molecule has 2 aromatic rings. The largest absolute Gasteiger partial charge is 0.384 e. The number of hydrogen-bond acceptors (Lipinski definition) is 2. The van der Waals surface area contributed by atoms with Crippen LogP contribution in [0.15, 0.2) is 18.2 Å². The quantitative estimate of drug-likeness (QED) is 0.867. The van der Waals surface area contributed by atoms with Crippen LogP contribution in [-0.4, -0.2) is 11.5 Å². The third-order valence-corrected chi connectivity index (χ3v) is 3.35. The summed E-state index contributed by atoms with van der Waals surface area (Å²) in [5.41, 5.74) is 6.16. The number of nitrogens with zero attached hydrogens (tertiary/aromatic N) is 1. The Bertz CT molecular complexity index is 559. The van der Waals surface area contributed by atoms with Gasteiger partial charge in [-0.05, 0) is 44.4 Å². The van der Waals surface area contributed by atoms with Gasteiger partial charge < -0.3 is 5.32 Å². The highest BCUT2D eigenvalue weighted by atomic mass is 14.9. The molecule has 0 radical (unpaired) electrons. The maximum absolute atomic E-state index is 4.72. The number of nitrogens with one attached hydrogen (secondary N) is 1. The highest BCUT2D eigenvalue weighted by Crippen LogP contribution is 2.29. The zero-order chi connectivity index (χ0) is 13.1. The Morgan fingerprint density at radius 1 is 1.17 bits per heavy atom. The fourth-order valence-electron chi connectivity index (χ4n) is 2.42. The number of pyridine rings is 1. The van der Waals surface area contributed by atoms with Crippen molar-refractivity contribution in [1.29, 1.82) is 0 Å².